The molecule has 0 saturated heterocycles. The molecule has 0 aliphatic rings. The van der Waals surface area contributed by atoms with Crippen molar-refractivity contribution < 1.29 is 8.81 Å². The fraction of sp³-hybridized carbons (Fsp3) is 0. The molecule has 1 aromatic carbocycles. The predicted molar refractivity (Wildman–Crippen MR) is 38.4 cm³/mol. The number of halogens is 1. The molecule has 0 atom stereocenters. The number of nitrogens with zero attached hydrogens (tertiary/aromatic N) is 1. The van der Waals surface area contributed by atoms with Crippen molar-refractivity contribution in [3.8, 4) is 0 Å². The zero-order chi connectivity index (χ0) is 7.84. The average molecular weight is 150 g/mol. The van der Waals surface area contributed by atoms with Gasteiger partial charge in [-0.25, -0.2) is 9.37 Å². The average Bonchev–Trinajstić information content (AvgIpc) is 2.45. The Morgan fingerprint density at radius 2 is 2.27 bits per heavy atom. The maximum absolute atomic E-state index is 12.8. The zero-order valence-electron chi connectivity index (χ0n) is 5.67. The minimum Gasteiger partial charge on any atom is -0.440 e. The lowest BCUT2D eigenvalue weighted by Crippen LogP contribution is -1.79. The van der Waals surface area contributed by atoms with Crippen molar-refractivity contribution >= 4 is 11.1 Å². The molecule has 3 heteroatoms. The van der Waals surface area contributed by atoms with Crippen LogP contribution in [0.1, 0.15) is 5.56 Å². The van der Waals surface area contributed by atoms with Crippen LogP contribution in [0.5, 0.6) is 0 Å². The Morgan fingerprint density at radius 1 is 1.45 bits per heavy atom. The molecule has 1 heterocycles. The monoisotopic (exact) mass is 150 g/mol. The lowest BCUT2D eigenvalue weighted by molar-refractivity contribution is 0.554. The van der Waals surface area contributed by atoms with Crippen LogP contribution >= 0.6 is 0 Å². The van der Waals surface area contributed by atoms with Gasteiger partial charge < -0.3 is 4.42 Å². The van der Waals surface area contributed by atoms with E-state index in [1.807, 2.05) is 0 Å². The molecule has 2 nitrogen and oxygen atoms in total. The van der Waals surface area contributed by atoms with E-state index in [1.165, 1.54) is 12.5 Å². The first-order chi connectivity index (χ1) is 5.29. The Balaban J connectivity index is 2.96. The molecule has 1 radical (unpaired) electrons. The molecule has 2 aromatic rings. The molecule has 0 N–H and O–H groups in total. The summed E-state index contributed by atoms with van der Waals surface area (Å²) in [7, 11) is 0. The third kappa shape index (κ3) is 0.808. The van der Waals surface area contributed by atoms with Crippen LogP contribution in [0.2, 0.25) is 0 Å². The van der Waals surface area contributed by atoms with Crippen molar-refractivity contribution in [2.75, 3.05) is 0 Å². The number of hydrogen-bond acceptors (Lipinski definition) is 2. The molecule has 0 amide bonds. The summed E-state index contributed by atoms with van der Waals surface area (Å²) >= 11 is 0. The molecule has 11 heavy (non-hydrogen) atoms. The van der Waals surface area contributed by atoms with Gasteiger partial charge in [-0.05, 0) is 18.6 Å². The van der Waals surface area contributed by atoms with Crippen molar-refractivity contribution in [3.63, 3.8) is 0 Å². The van der Waals surface area contributed by atoms with Crippen LogP contribution in [-0.2, 0) is 0 Å². The SMILES string of the molecule is [CH2]c1ccc(F)c2ocnc12. The van der Waals surface area contributed by atoms with Crippen LogP contribution in [0.25, 0.3) is 11.1 Å². The highest BCUT2D eigenvalue weighted by Gasteiger charge is 2.06. The van der Waals surface area contributed by atoms with Gasteiger partial charge in [0, 0.05) is 0 Å². The molecule has 0 bridgehead atoms. The first kappa shape index (κ1) is 6.34. The smallest absolute Gasteiger partial charge is 0.190 e. The van der Waals surface area contributed by atoms with Crippen molar-refractivity contribution in [1.82, 2.24) is 4.98 Å². The maximum Gasteiger partial charge on any atom is 0.190 e. The van der Waals surface area contributed by atoms with Crippen molar-refractivity contribution in [2.24, 2.45) is 0 Å². The van der Waals surface area contributed by atoms with Gasteiger partial charge in [-0.1, -0.05) is 6.07 Å². The van der Waals surface area contributed by atoms with Crippen LogP contribution in [0, 0.1) is 12.7 Å². The van der Waals surface area contributed by atoms with Crippen LogP contribution in [0.3, 0.4) is 0 Å². The second kappa shape index (κ2) is 2.05. The summed E-state index contributed by atoms with van der Waals surface area (Å²) in [6.07, 6.45) is 1.21. The Morgan fingerprint density at radius 3 is 3.00 bits per heavy atom. The topological polar surface area (TPSA) is 26.0 Å². The molecular weight excluding hydrogens is 145 g/mol. The molecule has 0 aliphatic carbocycles. The number of fused-ring (bicyclic) bond motifs is 1. The summed E-state index contributed by atoms with van der Waals surface area (Å²) < 4.78 is 17.6. The van der Waals surface area contributed by atoms with E-state index in [4.69, 9.17) is 4.42 Å². The number of benzene rings is 1. The second-order valence-electron chi connectivity index (χ2n) is 2.24. The molecule has 0 saturated carbocycles. The summed E-state index contributed by atoms with van der Waals surface area (Å²) in [4.78, 5) is 3.81. The lowest BCUT2D eigenvalue weighted by atomic mass is 10.2. The first-order valence-electron chi connectivity index (χ1n) is 3.12. The number of aromatic nitrogens is 1. The Kier molecular flexibility index (Phi) is 1.18. The largest absolute Gasteiger partial charge is 0.440 e. The minimum absolute atomic E-state index is 0.178. The van der Waals surface area contributed by atoms with Gasteiger partial charge in [0.25, 0.3) is 0 Å². The van der Waals surface area contributed by atoms with E-state index in [9.17, 15) is 4.39 Å². The maximum atomic E-state index is 12.8. The number of rotatable bonds is 0. The molecule has 0 fully saturated rings. The van der Waals surface area contributed by atoms with E-state index in [2.05, 4.69) is 11.9 Å². The highest BCUT2D eigenvalue weighted by Crippen LogP contribution is 2.19. The Labute approximate surface area is 62.7 Å². The van der Waals surface area contributed by atoms with Gasteiger partial charge in [0.15, 0.2) is 17.8 Å². The van der Waals surface area contributed by atoms with Crippen LogP contribution in [0.4, 0.5) is 4.39 Å². The van der Waals surface area contributed by atoms with Crippen molar-refractivity contribution in [3.05, 3.63) is 36.8 Å². The van der Waals surface area contributed by atoms with Gasteiger partial charge in [0.2, 0.25) is 0 Å². The van der Waals surface area contributed by atoms with E-state index in [0.29, 0.717) is 11.1 Å². The van der Waals surface area contributed by atoms with Gasteiger partial charge in [0.1, 0.15) is 5.52 Å². The third-order valence-electron chi connectivity index (χ3n) is 1.52. The predicted octanol–water partition coefficient (Wildman–Crippen LogP) is 2.15. The molecule has 1 aromatic heterocycles. The van der Waals surface area contributed by atoms with Crippen LogP contribution in [-0.4, -0.2) is 4.98 Å². The Bertz CT molecular complexity index is 358. The van der Waals surface area contributed by atoms with Gasteiger partial charge in [0.05, 0.1) is 0 Å². The van der Waals surface area contributed by atoms with Crippen molar-refractivity contribution in [2.45, 2.75) is 0 Å². The highest BCUT2D eigenvalue weighted by atomic mass is 19.1. The normalized spacial score (nSPS) is 10.7. The van der Waals surface area contributed by atoms with E-state index >= 15 is 0 Å². The molecule has 2 rings (SSSR count). The van der Waals surface area contributed by atoms with E-state index in [1.54, 1.807) is 6.07 Å². The highest BCUT2D eigenvalue weighted by molar-refractivity contribution is 5.77. The Hall–Kier alpha value is -1.38. The summed E-state index contributed by atoms with van der Waals surface area (Å²) in [5.74, 6) is -0.398. The van der Waals surface area contributed by atoms with Crippen LogP contribution < -0.4 is 0 Å². The molecule has 55 valence electrons. The van der Waals surface area contributed by atoms with Crippen LogP contribution in [0.15, 0.2) is 22.9 Å². The fourth-order valence-electron chi connectivity index (χ4n) is 0.973. The fourth-order valence-corrected chi connectivity index (χ4v) is 0.973. The summed E-state index contributed by atoms with van der Waals surface area (Å²) in [5.41, 5.74) is 1.35. The molecule has 0 aliphatic heterocycles. The molecular formula is C8H5FNO. The number of hydrogen-bond donors (Lipinski definition) is 0. The van der Waals surface area contributed by atoms with E-state index in [0.717, 1.165) is 0 Å². The van der Waals surface area contributed by atoms with E-state index in [-0.39, 0.29) is 5.58 Å². The first-order valence-corrected chi connectivity index (χ1v) is 3.12. The summed E-state index contributed by atoms with van der Waals surface area (Å²) in [6, 6.07) is 2.88. The van der Waals surface area contributed by atoms with Gasteiger partial charge in [-0.3, -0.25) is 0 Å². The van der Waals surface area contributed by atoms with E-state index < -0.39 is 5.82 Å². The molecule has 0 unspecified atom stereocenters. The minimum atomic E-state index is -0.398. The van der Waals surface area contributed by atoms with Crippen molar-refractivity contribution in [1.29, 1.82) is 0 Å². The van der Waals surface area contributed by atoms with Gasteiger partial charge in [-0.2, -0.15) is 0 Å². The van der Waals surface area contributed by atoms with Gasteiger partial charge >= 0.3 is 0 Å². The quantitative estimate of drug-likeness (QED) is 0.575. The molecule has 0 spiro atoms. The zero-order valence-corrected chi connectivity index (χ0v) is 5.67. The summed E-state index contributed by atoms with van der Waals surface area (Å²) in [6.45, 7) is 3.67. The summed E-state index contributed by atoms with van der Waals surface area (Å²) in [5, 5.41) is 0. The van der Waals surface area contributed by atoms with Gasteiger partial charge in [-0.15, -0.1) is 0 Å². The standard InChI is InChI=1S/C8H5FNO/c1-5-2-3-6(9)8-7(5)10-4-11-8/h2-4H,1H2. The third-order valence-corrected chi connectivity index (χ3v) is 1.52. The lowest BCUT2D eigenvalue weighted by Gasteiger charge is -1.92. The second-order valence-corrected chi connectivity index (χ2v) is 2.24. The number of oxazole rings is 1.